The van der Waals surface area contributed by atoms with Crippen LogP contribution in [0.1, 0.15) is 5.56 Å². The summed E-state index contributed by atoms with van der Waals surface area (Å²) in [4.78, 5) is 8.60. The van der Waals surface area contributed by atoms with Crippen LogP contribution < -0.4 is 10.7 Å². The predicted molar refractivity (Wildman–Crippen MR) is 97.1 cm³/mol. The fourth-order valence-electron chi connectivity index (χ4n) is 2.35. The van der Waals surface area contributed by atoms with E-state index in [0.29, 0.717) is 20.8 Å². The maximum absolute atomic E-state index is 8.95. The third kappa shape index (κ3) is 4.10. The van der Waals surface area contributed by atoms with Crippen LogP contribution in [0, 0.1) is 0 Å². The number of halogens is 2. The van der Waals surface area contributed by atoms with E-state index in [0.717, 1.165) is 5.75 Å². The van der Waals surface area contributed by atoms with Gasteiger partial charge in [0.1, 0.15) is 12.0 Å². The van der Waals surface area contributed by atoms with Crippen molar-refractivity contribution in [3.8, 4) is 0 Å². The first kappa shape index (κ1) is 17.7. The predicted octanol–water partition coefficient (Wildman–Crippen LogP) is 2.84. The van der Waals surface area contributed by atoms with Gasteiger partial charge >= 0.3 is 0 Å². The fourth-order valence-corrected chi connectivity index (χ4v) is 3.95. The normalized spacial score (nSPS) is 18.8. The zero-order chi connectivity index (χ0) is 17.0. The fraction of sp³-hybridized carbons (Fsp3) is 0.294. The topological polar surface area (TPSA) is 54.2 Å². The Kier molecular flexibility index (Phi) is 5.79. The Morgan fingerprint density at radius 2 is 1.92 bits per heavy atom. The molecule has 7 heteroatoms. The molecule has 1 unspecified atom stereocenters. The first-order valence-electron chi connectivity index (χ1n) is 7.43. The number of aliphatic hydroxyl groups is 1. The van der Waals surface area contributed by atoms with Crippen molar-refractivity contribution in [3.63, 3.8) is 0 Å². The second-order valence-electron chi connectivity index (χ2n) is 5.27. The SMILES string of the molecule is OCCOCC1(SCc2ccccc2)N=c2cc(Cl)cc(Cl)c2=N1. The monoisotopic (exact) mass is 382 g/mol. The first-order chi connectivity index (χ1) is 11.6. The molecule has 1 heterocycles. The van der Waals surface area contributed by atoms with Crippen LogP contribution in [0.5, 0.6) is 0 Å². The van der Waals surface area contributed by atoms with Crippen molar-refractivity contribution < 1.29 is 9.84 Å². The van der Waals surface area contributed by atoms with Gasteiger partial charge in [-0.25, -0.2) is 9.98 Å². The molecule has 0 saturated carbocycles. The minimum Gasteiger partial charge on any atom is -0.394 e. The molecule has 0 aliphatic carbocycles. The summed E-state index contributed by atoms with van der Waals surface area (Å²) in [5.41, 5.74) is 1.18. The largest absolute Gasteiger partial charge is 0.394 e. The Morgan fingerprint density at radius 3 is 2.67 bits per heavy atom. The highest BCUT2D eigenvalue weighted by Crippen LogP contribution is 2.33. The molecule has 0 spiro atoms. The number of hydrogen-bond acceptors (Lipinski definition) is 5. The van der Waals surface area contributed by atoms with Crippen molar-refractivity contribution >= 4 is 35.0 Å². The molecule has 3 rings (SSSR count). The van der Waals surface area contributed by atoms with Crippen LogP contribution in [0.25, 0.3) is 0 Å². The highest BCUT2D eigenvalue weighted by Gasteiger charge is 2.33. The molecule has 0 amide bonds. The summed E-state index contributed by atoms with van der Waals surface area (Å²) in [5, 5.41) is 11.3. The summed E-state index contributed by atoms with van der Waals surface area (Å²) >= 11 is 13.9. The van der Waals surface area contributed by atoms with Gasteiger partial charge in [0, 0.05) is 10.8 Å². The zero-order valence-electron chi connectivity index (χ0n) is 12.8. The van der Waals surface area contributed by atoms with Crippen molar-refractivity contribution in [2.24, 2.45) is 9.98 Å². The number of ether oxygens (including phenoxy) is 1. The number of thioether (sulfide) groups is 1. The second kappa shape index (κ2) is 7.85. The number of rotatable bonds is 7. The van der Waals surface area contributed by atoms with E-state index in [4.69, 9.17) is 43.0 Å². The number of benzene rings is 2. The van der Waals surface area contributed by atoms with E-state index in [9.17, 15) is 0 Å². The van der Waals surface area contributed by atoms with Crippen molar-refractivity contribution in [2.45, 2.75) is 10.7 Å². The molecule has 1 atom stereocenters. The van der Waals surface area contributed by atoms with Gasteiger partial charge in [-0.05, 0) is 17.7 Å². The molecular weight excluding hydrogens is 367 g/mol. The minimum absolute atomic E-state index is 0.0427. The van der Waals surface area contributed by atoms with Crippen LogP contribution in [0.3, 0.4) is 0 Å². The standard InChI is InChI=1S/C17H16Cl2N2O2S/c18-13-8-14(19)16-15(9-13)20-17(21-16,11-23-7-6-22)24-10-12-4-2-1-3-5-12/h1-5,8-9,22H,6-7,10-11H2. The van der Waals surface area contributed by atoms with Gasteiger partial charge in [-0.1, -0.05) is 53.5 Å². The summed E-state index contributed by atoms with van der Waals surface area (Å²) in [6, 6.07) is 13.5. The van der Waals surface area contributed by atoms with Gasteiger partial charge in [-0.2, -0.15) is 0 Å². The van der Waals surface area contributed by atoms with E-state index >= 15 is 0 Å². The van der Waals surface area contributed by atoms with Crippen LogP contribution in [-0.2, 0) is 10.5 Å². The maximum Gasteiger partial charge on any atom is 0.222 e. The second-order valence-corrected chi connectivity index (χ2v) is 7.35. The lowest BCUT2D eigenvalue weighted by atomic mass is 10.2. The van der Waals surface area contributed by atoms with E-state index in [2.05, 4.69) is 12.1 Å². The van der Waals surface area contributed by atoms with E-state index in [1.54, 1.807) is 23.9 Å². The molecule has 4 nitrogen and oxygen atoms in total. The van der Waals surface area contributed by atoms with Crippen molar-refractivity contribution in [2.75, 3.05) is 19.8 Å². The molecule has 0 radical (unpaired) electrons. The number of aliphatic hydroxyl groups excluding tert-OH is 1. The van der Waals surface area contributed by atoms with Gasteiger partial charge in [-0.3, -0.25) is 0 Å². The summed E-state index contributed by atoms with van der Waals surface area (Å²) < 4.78 is 5.53. The van der Waals surface area contributed by atoms with Crippen LogP contribution >= 0.6 is 35.0 Å². The van der Waals surface area contributed by atoms with Crippen LogP contribution in [0.2, 0.25) is 10.0 Å². The maximum atomic E-state index is 8.95. The Morgan fingerprint density at radius 1 is 1.12 bits per heavy atom. The molecule has 1 aliphatic heterocycles. The van der Waals surface area contributed by atoms with E-state index in [1.807, 2.05) is 18.2 Å². The number of hydrogen-bond donors (Lipinski definition) is 1. The quantitative estimate of drug-likeness (QED) is 0.749. The number of fused-ring (bicyclic) bond motifs is 1. The molecule has 0 fully saturated rings. The molecule has 24 heavy (non-hydrogen) atoms. The average molecular weight is 383 g/mol. The average Bonchev–Trinajstić information content (AvgIpc) is 2.94. The minimum atomic E-state index is -0.818. The van der Waals surface area contributed by atoms with Crippen LogP contribution in [0.4, 0.5) is 0 Å². The molecule has 1 aliphatic rings. The molecule has 0 bridgehead atoms. The van der Waals surface area contributed by atoms with E-state index in [1.165, 1.54) is 5.56 Å². The third-order valence-electron chi connectivity index (χ3n) is 3.43. The molecule has 1 N–H and O–H groups in total. The number of nitrogens with zero attached hydrogens (tertiary/aromatic N) is 2. The van der Waals surface area contributed by atoms with Gasteiger partial charge in [0.05, 0.1) is 23.6 Å². The third-order valence-corrected chi connectivity index (χ3v) is 5.18. The van der Waals surface area contributed by atoms with Gasteiger partial charge in [0.2, 0.25) is 4.99 Å². The Balaban J connectivity index is 1.89. The van der Waals surface area contributed by atoms with E-state index in [-0.39, 0.29) is 19.8 Å². The molecule has 126 valence electrons. The lowest BCUT2D eigenvalue weighted by Gasteiger charge is -2.22. The van der Waals surface area contributed by atoms with Gasteiger partial charge in [0.15, 0.2) is 0 Å². The Hall–Kier alpha value is -1.11. The summed E-state index contributed by atoms with van der Waals surface area (Å²) in [6.07, 6.45) is 0. The van der Waals surface area contributed by atoms with Gasteiger partial charge in [-0.15, -0.1) is 11.8 Å². The summed E-state index contributed by atoms with van der Waals surface area (Å²) in [7, 11) is 0. The summed E-state index contributed by atoms with van der Waals surface area (Å²) in [6.45, 7) is 0.455. The lowest BCUT2D eigenvalue weighted by molar-refractivity contribution is 0.0789. The Bertz CT molecular complexity index is 832. The zero-order valence-corrected chi connectivity index (χ0v) is 15.1. The van der Waals surface area contributed by atoms with Crippen molar-refractivity contribution in [1.82, 2.24) is 0 Å². The molecule has 2 aromatic carbocycles. The summed E-state index contributed by atoms with van der Waals surface area (Å²) in [5.74, 6) is 0.732. The molecule has 0 saturated heterocycles. The molecular formula is C17H16Cl2N2O2S. The smallest absolute Gasteiger partial charge is 0.222 e. The van der Waals surface area contributed by atoms with E-state index < -0.39 is 4.99 Å². The van der Waals surface area contributed by atoms with Gasteiger partial charge in [0.25, 0.3) is 0 Å². The van der Waals surface area contributed by atoms with Crippen LogP contribution in [-0.4, -0.2) is 29.9 Å². The highest BCUT2D eigenvalue weighted by atomic mass is 35.5. The first-order valence-corrected chi connectivity index (χ1v) is 9.17. The van der Waals surface area contributed by atoms with Crippen molar-refractivity contribution in [3.05, 3.63) is 68.8 Å². The van der Waals surface area contributed by atoms with Gasteiger partial charge < -0.3 is 9.84 Å². The Labute approximate surface area is 154 Å². The molecule has 0 aromatic heterocycles. The van der Waals surface area contributed by atoms with Crippen molar-refractivity contribution in [1.29, 1.82) is 0 Å². The van der Waals surface area contributed by atoms with Crippen LogP contribution in [0.15, 0.2) is 52.4 Å². The molecule has 2 aromatic rings. The lowest BCUT2D eigenvalue weighted by Crippen LogP contribution is -2.27. The highest BCUT2D eigenvalue weighted by molar-refractivity contribution is 7.99.